The fourth-order valence-corrected chi connectivity index (χ4v) is 7.62. The first-order chi connectivity index (χ1) is 30.6. The van der Waals surface area contributed by atoms with Crippen molar-refractivity contribution in [3.8, 4) is 33.4 Å². The second kappa shape index (κ2) is 12.6. The minimum atomic E-state index is -0.502. The van der Waals surface area contributed by atoms with Crippen LogP contribution in [0.15, 0.2) is 209 Å². The highest BCUT2D eigenvalue weighted by atomic mass is 16.3. The van der Waals surface area contributed by atoms with Crippen molar-refractivity contribution in [2.75, 3.05) is 4.90 Å². The highest BCUT2D eigenvalue weighted by molar-refractivity contribution is 6.19. The molecular formula is C52H33NO2. The van der Waals surface area contributed by atoms with Crippen LogP contribution in [0.3, 0.4) is 0 Å². The van der Waals surface area contributed by atoms with Crippen LogP contribution in [0.5, 0.6) is 0 Å². The van der Waals surface area contributed by atoms with Crippen LogP contribution < -0.4 is 4.90 Å². The Balaban J connectivity index is 1.22. The zero-order valence-corrected chi connectivity index (χ0v) is 29.2. The molecule has 258 valence electrons. The first-order valence-electron chi connectivity index (χ1n) is 22.0. The molecule has 9 aromatic carbocycles. The lowest BCUT2D eigenvalue weighted by atomic mass is 9.99. The Morgan fingerprint density at radius 1 is 0.400 bits per heavy atom. The number of furan rings is 2. The van der Waals surface area contributed by atoms with Gasteiger partial charge in [0.1, 0.15) is 22.3 Å². The van der Waals surface area contributed by atoms with E-state index in [0.29, 0.717) is 49.9 Å². The standard InChI is InChI=1S/C52H33NO2/c1-2-11-34(12-3-1)35-23-25-36(26-24-35)37-27-30-40(31-28-37)53(47-20-10-22-49-50(47)46-32-29-38-13-4-5-16-42(38)52(46)55-49)41-15-8-14-39(33-41)43-18-9-19-45-44-17-6-7-21-48(44)54-51(43)45/h1-33H/i8D,14D,15D,27D,28D,30D,31D,33D. The van der Waals surface area contributed by atoms with Crippen LogP contribution in [-0.4, -0.2) is 0 Å². The molecule has 2 heterocycles. The molecule has 0 unspecified atom stereocenters. The van der Waals surface area contributed by atoms with E-state index in [4.69, 9.17) is 8.83 Å². The fraction of sp³-hybridized carbons (Fsp3) is 0. The lowest BCUT2D eigenvalue weighted by Gasteiger charge is -2.27. The van der Waals surface area contributed by atoms with Crippen molar-refractivity contribution in [2.24, 2.45) is 0 Å². The third kappa shape index (κ3) is 5.20. The first kappa shape index (κ1) is 24.1. The molecule has 0 fully saturated rings. The van der Waals surface area contributed by atoms with E-state index >= 15 is 0 Å². The number of nitrogens with zero attached hydrogens (tertiary/aromatic N) is 1. The largest absolute Gasteiger partial charge is 0.455 e. The SMILES string of the molecule is [2H]c1c([2H])c(-c2cccc3c2oc2ccccc23)c([2H])c(N(c2c([2H])c([2H])c(-c3ccc(-c4ccccc4)cc3)c([2H])c2[2H])c2cccc3oc4c5ccccc5ccc4c23)c1[2H]. The number of anilines is 3. The van der Waals surface area contributed by atoms with Crippen LogP contribution >= 0.6 is 0 Å². The van der Waals surface area contributed by atoms with Gasteiger partial charge in [0.05, 0.1) is 22.0 Å². The van der Waals surface area contributed by atoms with Crippen LogP contribution in [0.2, 0.25) is 0 Å². The average molecular weight is 712 g/mol. The first-order valence-corrected chi connectivity index (χ1v) is 18.0. The molecule has 0 saturated heterocycles. The molecule has 0 aliphatic carbocycles. The summed E-state index contributed by atoms with van der Waals surface area (Å²) < 4.78 is 89.5. The zero-order valence-electron chi connectivity index (χ0n) is 37.2. The van der Waals surface area contributed by atoms with Crippen LogP contribution in [0.1, 0.15) is 11.0 Å². The second-order valence-electron chi connectivity index (χ2n) is 13.4. The smallest absolute Gasteiger partial charge is 0.143 e. The van der Waals surface area contributed by atoms with E-state index in [1.54, 1.807) is 42.5 Å². The number of benzene rings is 9. The second-order valence-corrected chi connectivity index (χ2v) is 13.4. The molecule has 0 aliphatic heterocycles. The summed E-state index contributed by atoms with van der Waals surface area (Å²) in [7, 11) is 0. The number of para-hydroxylation sites is 2. The zero-order chi connectivity index (χ0) is 43.3. The summed E-state index contributed by atoms with van der Waals surface area (Å²) in [5.74, 6) is 0. The minimum absolute atomic E-state index is 0.0151. The molecule has 2 aromatic heterocycles. The molecule has 0 spiro atoms. The molecule has 0 radical (unpaired) electrons. The lowest BCUT2D eigenvalue weighted by Crippen LogP contribution is -2.10. The monoisotopic (exact) mass is 711 g/mol. The molecule has 0 N–H and O–H groups in total. The van der Waals surface area contributed by atoms with Gasteiger partial charge in [0.25, 0.3) is 0 Å². The van der Waals surface area contributed by atoms with E-state index < -0.39 is 24.2 Å². The van der Waals surface area contributed by atoms with E-state index in [-0.39, 0.29) is 46.7 Å². The number of fused-ring (bicyclic) bond motifs is 8. The van der Waals surface area contributed by atoms with Gasteiger partial charge in [0, 0.05) is 38.5 Å². The Kier molecular flexibility index (Phi) is 5.53. The van der Waals surface area contributed by atoms with Gasteiger partial charge in [-0.05, 0) is 81.6 Å². The average Bonchev–Trinajstić information content (AvgIpc) is 3.90. The quantitative estimate of drug-likeness (QED) is 0.172. The Morgan fingerprint density at radius 2 is 1.07 bits per heavy atom. The van der Waals surface area contributed by atoms with Crippen LogP contribution in [0, 0.1) is 0 Å². The van der Waals surface area contributed by atoms with Crippen molar-refractivity contribution in [1.29, 1.82) is 0 Å². The molecule has 0 saturated carbocycles. The van der Waals surface area contributed by atoms with Crippen molar-refractivity contribution in [1.82, 2.24) is 0 Å². The van der Waals surface area contributed by atoms with Crippen molar-refractivity contribution in [3.05, 3.63) is 200 Å². The third-order valence-electron chi connectivity index (χ3n) is 10.2. The van der Waals surface area contributed by atoms with Gasteiger partial charge < -0.3 is 13.7 Å². The van der Waals surface area contributed by atoms with Gasteiger partial charge >= 0.3 is 0 Å². The van der Waals surface area contributed by atoms with Gasteiger partial charge in [-0.25, -0.2) is 0 Å². The summed E-state index contributed by atoms with van der Waals surface area (Å²) in [6.07, 6.45) is 0. The van der Waals surface area contributed by atoms with Gasteiger partial charge in [-0.15, -0.1) is 0 Å². The van der Waals surface area contributed by atoms with E-state index in [1.807, 2.05) is 109 Å². The normalized spacial score (nSPS) is 13.7. The Bertz CT molecular complexity index is 3640. The van der Waals surface area contributed by atoms with E-state index in [9.17, 15) is 11.0 Å². The van der Waals surface area contributed by atoms with Gasteiger partial charge in [0.15, 0.2) is 0 Å². The maximum absolute atomic E-state index is 10.0. The molecule has 55 heavy (non-hydrogen) atoms. The minimum Gasteiger partial charge on any atom is -0.455 e. The van der Waals surface area contributed by atoms with Crippen LogP contribution in [0.4, 0.5) is 17.1 Å². The molecule has 11 aromatic rings. The van der Waals surface area contributed by atoms with Crippen LogP contribution in [-0.2, 0) is 0 Å². The van der Waals surface area contributed by atoms with Gasteiger partial charge in [-0.1, -0.05) is 152 Å². The fourth-order valence-electron chi connectivity index (χ4n) is 7.62. The Labute approximate surface area is 329 Å². The van der Waals surface area contributed by atoms with Crippen molar-refractivity contribution >= 4 is 71.7 Å². The summed E-state index contributed by atoms with van der Waals surface area (Å²) in [6.45, 7) is 0. The van der Waals surface area contributed by atoms with Crippen molar-refractivity contribution in [3.63, 3.8) is 0 Å². The molecule has 0 bridgehead atoms. The molecular weight excluding hydrogens is 671 g/mol. The van der Waals surface area contributed by atoms with Crippen molar-refractivity contribution < 1.29 is 19.8 Å². The topological polar surface area (TPSA) is 29.5 Å². The summed E-state index contributed by atoms with van der Waals surface area (Å²) in [5.41, 5.74) is 4.76. The highest BCUT2D eigenvalue weighted by Crippen LogP contribution is 2.46. The van der Waals surface area contributed by atoms with Crippen molar-refractivity contribution in [2.45, 2.75) is 0 Å². The lowest BCUT2D eigenvalue weighted by molar-refractivity contribution is 0.670. The number of hydrogen-bond donors (Lipinski definition) is 0. The predicted molar refractivity (Wildman–Crippen MR) is 229 cm³/mol. The maximum atomic E-state index is 10.0. The Morgan fingerprint density at radius 3 is 1.93 bits per heavy atom. The van der Waals surface area contributed by atoms with Gasteiger partial charge in [0.2, 0.25) is 0 Å². The van der Waals surface area contributed by atoms with E-state index in [1.165, 1.54) is 4.90 Å². The number of hydrogen-bond acceptors (Lipinski definition) is 3. The predicted octanol–water partition coefficient (Wildman–Crippen LogP) is 15.1. The summed E-state index contributed by atoms with van der Waals surface area (Å²) in [6, 6.07) is 43.8. The third-order valence-corrected chi connectivity index (χ3v) is 10.2. The molecule has 0 aliphatic rings. The maximum Gasteiger partial charge on any atom is 0.143 e. The molecule has 0 amide bonds. The van der Waals surface area contributed by atoms with Crippen LogP contribution in [0.25, 0.3) is 88.0 Å². The molecule has 11 rings (SSSR count). The molecule has 3 heteroatoms. The number of rotatable bonds is 6. The highest BCUT2D eigenvalue weighted by Gasteiger charge is 2.21. The van der Waals surface area contributed by atoms with Gasteiger partial charge in [-0.2, -0.15) is 0 Å². The molecule has 0 atom stereocenters. The summed E-state index contributed by atoms with van der Waals surface area (Å²) in [5, 5.41) is 4.61. The molecule has 3 nitrogen and oxygen atoms in total. The van der Waals surface area contributed by atoms with E-state index in [2.05, 4.69) is 0 Å². The van der Waals surface area contributed by atoms with Gasteiger partial charge in [-0.3, -0.25) is 0 Å². The van der Waals surface area contributed by atoms with E-state index in [0.717, 1.165) is 32.7 Å². The summed E-state index contributed by atoms with van der Waals surface area (Å²) >= 11 is 0. The summed E-state index contributed by atoms with van der Waals surface area (Å²) in [4.78, 5) is 1.39. The Hall–Kier alpha value is -7.36.